The van der Waals surface area contributed by atoms with E-state index in [2.05, 4.69) is 0 Å². The van der Waals surface area contributed by atoms with Crippen molar-refractivity contribution in [1.82, 2.24) is 4.90 Å². The minimum Gasteiger partial charge on any atom is -0.466 e. The van der Waals surface area contributed by atoms with Crippen LogP contribution in [0, 0.1) is 5.92 Å². The van der Waals surface area contributed by atoms with Crippen LogP contribution in [0.1, 0.15) is 18.9 Å². The Morgan fingerprint density at radius 3 is 2.71 bits per heavy atom. The number of esters is 1. The Hall–Kier alpha value is -1.94. The summed E-state index contributed by atoms with van der Waals surface area (Å²) in [7, 11) is 1.91. The van der Waals surface area contributed by atoms with E-state index in [0.29, 0.717) is 13.0 Å². The van der Waals surface area contributed by atoms with E-state index in [1.807, 2.05) is 48.4 Å². The van der Waals surface area contributed by atoms with E-state index in [0.717, 1.165) is 11.1 Å². The van der Waals surface area contributed by atoms with Gasteiger partial charge in [0.1, 0.15) is 0 Å². The molecule has 3 rings (SSSR count). The van der Waals surface area contributed by atoms with Crippen LogP contribution in [0.15, 0.2) is 36.4 Å². The van der Waals surface area contributed by atoms with Gasteiger partial charge in [-0.25, -0.2) is 0 Å². The highest BCUT2D eigenvalue weighted by Gasteiger charge is 2.49. The predicted octanol–water partition coefficient (Wildman–Crippen LogP) is 1.90. The molecule has 1 saturated heterocycles. The van der Waals surface area contributed by atoms with Gasteiger partial charge in [0.2, 0.25) is 0 Å². The molecule has 21 heavy (non-hydrogen) atoms. The van der Waals surface area contributed by atoms with Crippen molar-refractivity contribution in [3.63, 3.8) is 0 Å². The lowest BCUT2D eigenvalue weighted by Gasteiger charge is -2.30. The highest BCUT2D eigenvalue weighted by atomic mass is 16.5. The first-order valence-electron chi connectivity index (χ1n) is 7.33. The van der Waals surface area contributed by atoms with Crippen molar-refractivity contribution in [3.8, 4) is 0 Å². The van der Waals surface area contributed by atoms with Gasteiger partial charge < -0.3 is 4.74 Å². The molecule has 0 amide bonds. The molecule has 2 bridgehead atoms. The Bertz CT molecular complexity index is 593. The van der Waals surface area contributed by atoms with Gasteiger partial charge in [0, 0.05) is 11.6 Å². The van der Waals surface area contributed by atoms with Crippen LogP contribution in [0.25, 0.3) is 5.57 Å². The summed E-state index contributed by atoms with van der Waals surface area (Å²) in [6.07, 6.45) is 2.48. The first kappa shape index (κ1) is 14.0. The molecule has 0 unspecified atom stereocenters. The summed E-state index contributed by atoms with van der Waals surface area (Å²) in [6, 6.07) is 9.38. The molecule has 0 radical (unpaired) electrons. The van der Waals surface area contributed by atoms with Crippen LogP contribution in [0.5, 0.6) is 0 Å². The molecule has 1 aromatic rings. The molecule has 0 aromatic heterocycles. The number of fused-ring (bicyclic) bond motifs is 2. The first-order valence-corrected chi connectivity index (χ1v) is 7.33. The van der Waals surface area contributed by atoms with Crippen molar-refractivity contribution < 1.29 is 14.3 Å². The third-order valence-corrected chi connectivity index (χ3v) is 4.43. The van der Waals surface area contributed by atoms with E-state index < -0.39 is 0 Å². The molecule has 0 aliphatic carbocycles. The summed E-state index contributed by atoms with van der Waals surface area (Å²) in [5, 5.41) is 0. The molecule has 3 atom stereocenters. The second kappa shape index (κ2) is 5.45. The lowest BCUT2D eigenvalue weighted by Crippen LogP contribution is -2.42. The number of carbonyl (C=O) groups is 2. The third kappa shape index (κ3) is 2.29. The number of benzene rings is 1. The zero-order chi connectivity index (χ0) is 15.0. The highest BCUT2D eigenvalue weighted by molar-refractivity contribution is 6.24. The van der Waals surface area contributed by atoms with Crippen molar-refractivity contribution in [3.05, 3.63) is 42.0 Å². The first-order chi connectivity index (χ1) is 10.1. The van der Waals surface area contributed by atoms with Gasteiger partial charge in [0.25, 0.3) is 0 Å². The summed E-state index contributed by atoms with van der Waals surface area (Å²) >= 11 is 0. The Morgan fingerprint density at radius 1 is 1.33 bits per heavy atom. The summed E-state index contributed by atoms with van der Waals surface area (Å²) in [4.78, 5) is 26.7. The number of hydrogen-bond acceptors (Lipinski definition) is 4. The average Bonchev–Trinajstić information content (AvgIpc) is 2.72. The number of ketones is 1. The molecule has 2 aliphatic rings. The zero-order valence-electron chi connectivity index (χ0n) is 12.3. The van der Waals surface area contributed by atoms with Crippen molar-refractivity contribution in [2.24, 2.45) is 5.92 Å². The molecule has 4 heteroatoms. The SMILES string of the molecule is CCOC(=O)[C@@H]1C[C@@H]2C(=O)C(c3ccccc3)=C[C@H]1N2C. The number of rotatable bonds is 3. The molecular weight excluding hydrogens is 266 g/mol. The van der Waals surface area contributed by atoms with Crippen LogP contribution in [0.2, 0.25) is 0 Å². The fourth-order valence-corrected chi connectivity index (χ4v) is 3.34. The molecule has 0 spiro atoms. The maximum absolute atomic E-state index is 12.7. The molecule has 0 N–H and O–H groups in total. The largest absolute Gasteiger partial charge is 0.466 e. The maximum Gasteiger partial charge on any atom is 0.310 e. The predicted molar refractivity (Wildman–Crippen MR) is 79.5 cm³/mol. The van der Waals surface area contributed by atoms with Crippen molar-refractivity contribution in [2.45, 2.75) is 25.4 Å². The molecule has 4 nitrogen and oxygen atoms in total. The van der Waals surface area contributed by atoms with Crippen LogP contribution in [-0.2, 0) is 14.3 Å². The topological polar surface area (TPSA) is 46.6 Å². The van der Waals surface area contributed by atoms with Gasteiger partial charge in [-0.15, -0.1) is 0 Å². The standard InChI is InChI=1S/C17H19NO3/c1-3-21-17(20)13-10-15-16(19)12(9-14(13)18(15)2)11-7-5-4-6-8-11/h4-9,13-15H,3,10H2,1-2H3/t13-,14-,15-/m1/s1. The lowest BCUT2D eigenvalue weighted by atomic mass is 9.93. The van der Waals surface area contributed by atoms with E-state index in [9.17, 15) is 9.59 Å². The highest BCUT2D eigenvalue weighted by Crippen LogP contribution is 2.39. The number of nitrogens with zero attached hydrogens (tertiary/aromatic N) is 1. The second-order valence-electron chi connectivity index (χ2n) is 5.58. The Balaban J connectivity index is 1.95. The number of hydrogen-bond donors (Lipinski definition) is 0. The van der Waals surface area contributed by atoms with Crippen LogP contribution < -0.4 is 0 Å². The monoisotopic (exact) mass is 285 g/mol. The normalized spacial score (nSPS) is 28.4. The van der Waals surface area contributed by atoms with Gasteiger partial charge in [-0.3, -0.25) is 14.5 Å². The summed E-state index contributed by atoms with van der Waals surface area (Å²) < 4.78 is 5.15. The minimum absolute atomic E-state index is 0.0537. The van der Waals surface area contributed by atoms with E-state index in [-0.39, 0.29) is 29.8 Å². The fraction of sp³-hybridized carbons (Fsp3) is 0.412. The lowest BCUT2D eigenvalue weighted by molar-refractivity contribution is -0.148. The van der Waals surface area contributed by atoms with E-state index in [1.165, 1.54) is 0 Å². The summed E-state index contributed by atoms with van der Waals surface area (Å²) in [5.41, 5.74) is 1.66. The Kier molecular flexibility index (Phi) is 3.64. The molecule has 0 saturated carbocycles. The third-order valence-electron chi connectivity index (χ3n) is 4.43. The Morgan fingerprint density at radius 2 is 2.05 bits per heavy atom. The molecule has 110 valence electrons. The second-order valence-corrected chi connectivity index (χ2v) is 5.58. The number of Topliss-reactive ketones (excluding diaryl/α,β-unsaturated/α-hetero) is 1. The molecular formula is C17H19NO3. The molecule has 1 fully saturated rings. The zero-order valence-corrected chi connectivity index (χ0v) is 12.3. The van der Waals surface area contributed by atoms with Crippen molar-refractivity contribution in [2.75, 3.05) is 13.7 Å². The molecule has 1 aromatic carbocycles. The van der Waals surface area contributed by atoms with Crippen LogP contribution in [0.4, 0.5) is 0 Å². The summed E-state index contributed by atoms with van der Waals surface area (Å²) in [6.45, 7) is 2.18. The van der Waals surface area contributed by atoms with Crippen LogP contribution in [0.3, 0.4) is 0 Å². The van der Waals surface area contributed by atoms with Crippen molar-refractivity contribution >= 4 is 17.3 Å². The van der Waals surface area contributed by atoms with Crippen molar-refractivity contribution in [1.29, 1.82) is 0 Å². The number of ether oxygens (including phenoxy) is 1. The van der Waals surface area contributed by atoms with Gasteiger partial charge in [0.05, 0.1) is 18.6 Å². The Labute approximate surface area is 124 Å². The molecule has 2 heterocycles. The van der Waals surface area contributed by atoms with Gasteiger partial charge in [-0.2, -0.15) is 0 Å². The molecule has 2 aliphatic heterocycles. The van der Waals surface area contributed by atoms with Crippen LogP contribution >= 0.6 is 0 Å². The number of likely N-dealkylation sites (N-methyl/N-ethyl adjacent to an activating group) is 1. The minimum atomic E-state index is -0.245. The van der Waals surface area contributed by atoms with Crippen LogP contribution in [-0.4, -0.2) is 42.4 Å². The average molecular weight is 285 g/mol. The summed E-state index contributed by atoms with van der Waals surface area (Å²) in [5.74, 6) is -0.341. The quantitative estimate of drug-likeness (QED) is 0.796. The fourth-order valence-electron chi connectivity index (χ4n) is 3.34. The smallest absolute Gasteiger partial charge is 0.310 e. The number of carbonyl (C=O) groups excluding carboxylic acids is 2. The van der Waals surface area contributed by atoms with E-state index in [1.54, 1.807) is 6.92 Å². The maximum atomic E-state index is 12.7. The van der Waals surface area contributed by atoms with Gasteiger partial charge in [0.15, 0.2) is 5.78 Å². The van der Waals surface area contributed by atoms with Gasteiger partial charge in [-0.1, -0.05) is 36.4 Å². The van der Waals surface area contributed by atoms with Gasteiger partial charge in [-0.05, 0) is 26.0 Å². The van der Waals surface area contributed by atoms with E-state index >= 15 is 0 Å². The van der Waals surface area contributed by atoms with Gasteiger partial charge >= 0.3 is 5.97 Å². The van der Waals surface area contributed by atoms with E-state index in [4.69, 9.17) is 4.74 Å².